The second-order valence-corrected chi connectivity index (χ2v) is 10.7. The lowest BCUT2D eigenvalue weighted by Gasteiger charge is -2.28. The van der Waals surface area contributed by atoms with Crippen molar-refractivity contribution in [3.05, 3.63) is 163 Å². The van der Waals surface area contributed by atoms with Crippen molar-refractivity contribution in [3.63, 3.8) is 0 Å². The second kappa shape index (κ2) is 9.76. The van der Waals surface area contributed by atoms with Crippen LogP contribution in [-0.4, -0.2) is 23.3 Å². The maximum absolute atomic E-state index is 5.12. The van der Waals surface area contributed by atoms with Gasteiger partial charge in [-0.1, -0.05) is 140 Å². The van der Waals surface area contributed by atoms with Crippen molar-refractivity contribution in [1.82, 2.24) is 4.90 Å². The molecular weight excluding hydrogens is 496 g/mol. The zero-order valence-corrected chi connectivity index (χ0v) is 22.6. The van der Waals surface area contributed by atoms with Gasteiger partial charge < -0.3 is 4.90 Å². The summed E-state index contributed by atoms with van der Waals surface area (Å²) < 4.78 is 0. The number of fused-ring (bicyclic) bond motifs is 3. The highest BCUT2D eigenvalue weighted by atomic mass is 15.3. The number of nitrogens with zero attached hydrogens (tertiary/aromatic N) is 2. The van der Waals surface area contributed by atoms with Crippen LogP contribution in [0.3, 0.4) is 0 Å². The molecule has 0 saturated heterocycles. The summed E-state index contributed by atoms with van der Waals surface area (Å²) in [5.74, 6) is 0. The zero-order valence-electron chi connectivity index (χ0n) is 22.6. The molecule has 6 aromatic carbocycles. The van der Waals surface area contributed by atoms with Crippen LogP contribution in [0.15, 0.2) is 157 Å². The summed E-state index contributed by atoms with van der Waals surface area (Å²) in [4.78, 5) is 7.51. The van der Waals surface area contributed by atoms with Gasteiger partial charge in [0.1, 0.15) is 6.17 Å². The summed E-state index contributed by atoms with van der Waals surface area (Å²) in [5, 5.41) is 5.10. The Kier molecular flexibility index (Phi) is 5.63. The minimum Gasteiger partial charge on any atom is -0.340 e. The molecule has 0 amide bonds. The van der Waals surface area contributed by atoms with Gasteiger partial charge in [0, 0.05) is 5.70 Å². The normalized spacial score (nSPS) is 16.1. The van der Waals surface area contributed by atoms with Gasteiger partial charge in [0.15, 0.2) is 0 Å². The van der Waals surface area contributed by atoms with E-state index in [0.29, 0.717) is 0 Å². The molecule has 2 heterocycles. The van der Waals surface area contributed by atoms with Gasteiger partial charge in [0.25, 0.3) is 0 Å². The number of allylic oxidation sites excluding steroid dienone is 2. The Morgan fingerprint density at radius 2 is 0.951 bits per heavy atom. The first kappa shape index (κ1) is 23.7. The van der Waals surface area contributed by atoms with E-state index in [0.717, 1.165) is 12.3 Å². The standard InChI is InChI=1S/C39H28N2/c1-3-12-28(13-4-1)36-20-11-21-37-40-35(26-41(36)37)27-22-24-30(25-23-27)39-33-18-9-7-16-31(33)38(29-14-5-2-6-15-29)32-17-8-10-19-34(32)39/h1-25,37H,26H2. The zero-order chi connectivity index (χ0) is 27.2. The number of hydrogen-bond acceptors (Lipinski definition) is 2. The van der Waals surface area contributed by atoms with Crippen molar-refractivity contribution in [2.24, 2.45) is 4.99 Å². The van der Waals surface area contributed by atoms with Gasteiger partial charge >= 0.3 is 0 Å². The molecule has 0 fully saturated rings. The fourth-order valence-corrected chi connectivity index (χ4v) is 6.46. The van der Waals surface area contributed by atoms with Crippen LogP contribution < -0.4 is 0 Å². The lowest BCUT2D eigenvalue weighted by Crippen LogP contribution is -2.30. The molecule has 0 aliphatic carbocycles. The van der Waals surface area contributed by atoms with Crippen LogP contribution in [0, 0.1) is 0 Å². The number of benzene rings is 6. The van der Waals surface area contributed by atoms with E-state index < -0.39 is 0 Å². The third-order valence-corrected chi connectivity index (χ3v) is 8.34. The number of rotatable bonds is 4. The molecule has 6 aromatic rings. The van der Waals surface area contributed by atoms with E-state index in [-0.39, 0.29) is 6.17 Å². The first-order valence-corrected chi connectivity index (χ1v) is 14.2. The minimum absolute atomic E-state index is 0.0447. The molecule has 0 N–H and O–H groups in total. The maximum Gasteiger partial charge on any atom is 0.141 e. The summed E-state index contributed by atoms with van der Waals surface area (Å²) in [5.41, 5.74) is 9.81. The molecular formula is C39H28N2. The second-order valence-electron chi connectivity index (χ2n) is 10.7. The Morgan fingerprint density at radius 3 is 1.51 bits per heavy atom. The highest BCUT2D eigenvalue weighted by Crippen LogP contribution is 2.43. The molecule has 1 unspecified atom stereocenters. The Bertz CT molecular complexity index is 1940. The van der Waals surface area contributed by atoms with Crippen molar-refractivity contribution in [2.45, 2.75) is 6.17 Å². The molecule has 2 aliphatic rings. The van der Waals surface area contributed by atoms with Gasteiger partial charge in [-0.15, -0.1) is 0 Å². The van der Waals surface area contributed by atoms with Crippen molar-refractivity contribution < 1.29 is 0 Å². The first-order chi connectivity index (χ1) is 20.3. The van der Waals surface area contributed by atoms with E-state index in [9.17, 15) is 0 Å². The van der Waals surface area contributed by atoms with Crippen molar-refractivity contribution in [3.8, 4) is 22.3 Å². The molecule has 0 spiro atoms. The van der Waals surface area contributed by atoms with E-state index in [4.69, 9.17) is 4.99 Å². The lowest BCUT2D eigenvalue weighted by atomic mass is 9.86. The predicted octanol–water partition coefficient (Wildman–Crippen LogP) is 9.37. The van der Waals surface area contributed by atoms with Crippen LogP contribution in [0.25, 0.3) is 49.5 Å². The van der Waals surface area contributed by atoms with Crippen LogP contribution in [0.1, 0.15) is 11.1 Å². The molecule has 0 bridgehead atoms. The number of hydrogen-bond donors (Lipinski definition) is 0. The molecule has 2 heteroatoms. The Labute approximate surface area is 240 Å². The topological polar surface area (TPSA) is 15.6 Å². The fourth-order valence-electron chi connectivity index (χ4n) is 6.46. The maximum atomic E-state index is 5.12. The summed E-state index contributed by atoms with van der Waals surface area (Å²) in [6.45, 7) is 0.798. The van der Waals surface area contributed by atoms with Crippen LogP contribution in [0.5, 0.6) is 0 Å². The average Bonchev–Trinajstić information content (AvgIpc) is 3.49. The van der Waals surface area contributed by atoms with Gasteiger partial charge in [0.2, 0.25) is 0 Å². The Morgan fingerprint density at radius 1 is 0.488 bits per heavy atom. The van der Waals surface area contributed by atoms with E-state index in [1.807, 2.05) is 0 Å². The fraction of sp³-hybridized carbons (Fsp3) is 0.0513. The molecule has 2 nitrogen and oxygen atoms in total. The molecule has 41 heavy (non-hydrogen) atoms. The van der Waals surface area contributed by atoms with Crippen molar-refractivity contribution >= 4 is 33.0 Å². The Balaban J connectivity index is 1.20. The molecule has 0 saturated carbocycles. The molecule has 194 valence electrons. The van der Waals surface area contributed by atoms with Gasteiger partial charge in [-0.3, -0.25) is 4.99 Å². The van der Waals surface area contributed by atoms with Crippen LogP contribution in [-0.2, 0) is 0 Å². The molecule has 8 rings (SSSR count). The lowest BCUT2D eigenvalue weighted by molar-refractivity contribution is 0.416. The first-order valence-electron chi connectivity index (χ1n) is 14.2. The SMILES string of the molecule is C1=CC2N=C(c3ccc(-c4c5ccccc5c(-c5ccccc5)c5ccccc45)cc3)CN2C(c2ccccc2)=C1. The quantitative estimate of drug-likeness (QED) is 0.210. The third kappa shape index (κ3) is 3.99. The summed E-state index contributed by atoms with van der Waals surface area (Å²) in [6, 6.07) is 48.1. The summed E-state index contributed by atoms with van der Waals surface area (Å²) >= 11 is 0. The smallest absolute Gasteiger partial charge is 0.141 e. The van der Waals surface area contributed by atoms with Gasteiger partial charge in [-0.05, 0) is 67.1 Å². The minimum atomic E-state index is 0.0447. The highest BCUT2D eigenvalue weighted by molar-refractivity contribution is 6.21. The van der Waals surface area contributed by atoms with E-state index in [1.165, 1.54) is 60.6 Å². The monoisotopic (exact) mass is 524 g/mol. The third-order valence-electron chi connectivity index (χ3n) is 8.34. The van der Waals surface area contributed by atoms with E-state index >= 15 is 0 Å². The largest absolute Gasteiger partial charge is 0.340 e. The highest BCUT2D eigenvalue weighted by Gasteiger charge is 2.29. The summed E-state index contributed by atoms with van der Waals surface area (Å²) in [7, 11) is 0. The average molecular weight is 525 g/mol. The molecule has 2 aliphatic heterocycles. The van der Waals surface area contributed by atoms with Gasteiger partial charge in [0.05, 0.1) is 12.3 Å². The van der Waals surface area contributed by atoms with Gasteiger partial charge in [-0.25, -0.2) is 0 Å². The van der Waals surface area contributed by atoms with Crippen molar-refractivity contribution in [2.75, 3.05) is 6.54 Å². The van der Waals surface area contributed by atoms with Gasteiger partial charge in [-0.2, -0.15) is 0 Å². The van der Waals surface area contributed by atoms with Crippen LogP contribution in [0.2, 0.25) is 0 Å². The molecule has 1 atom stereocenters. The van der Waals surface area contributed by atoms with E-state index in [2.05, 4.69) is 157 Å². The Hall–Kier alpha value is -5.21. The summed E-state index contributed by atoms with van der Waals surface area (Å²) in [6.07, 6.45) is 6.56. The van der Waals surface area contributed by atoms with Crippen LogP contribution in [0.4, 0.5) is 0 Å². The molecule has 0 radical (unpaired) electrons. The molecule has 0 aromatic heterocycles. The van der Waals surface area contributed by atoms with Crippen LogP contribution >= 0.6 is 0 Å². The van der Waals surface area contributed by atoms with Crippen molar-refractivity contribution in [1.29, 1.82) is 0 Å². The predicted molar refractivity (Wildman–Crippen MR) is 173 cm³/mol. The van der Waals surface area contributed by atoms with E-state index in [1.54, 1.807) is 0 Å². The number of aliphatic imine (C=N–C) groups is 1.